The molecule has 1 amide bonds. The van der Waals surface area contributed by atoms with Crippen LogP contribution in [0.3, 0.4) is 0 Å². The quantitative estimate of drug-likeness (QED) is 0.114. The van der Waals surface area contributed by atoms with Gasteiger partial charge in [-0.15, -0.1) is 0 Å². The number of sulfonamides is 1. The van der Waals surface area contributed by atoms with Crippen molar-refractivity contribution in [3.8, 4) is 5.75 Å². The number of aromatic amines is 1. The van der Waals surface area contributed by atoms with E-state index in [9.17, 15) is 13.2 Å². The Bertz CT molecular complexity index is 1730. The Balaban J connectivity index is 1.45. The minimum absolute atomic E-state index is 0.206. The molecule has 0 spiro atoms. The highest BCUT2D eigenvalue weighted by molar-refractivity contribution is 7.89. The molecule has 1 aliphatic rings. The summed E-state index contributed by atoms with van der Waals surface area (Å²) in [5, 5.41) is 10.4. The van der Waals surface area contributed by atoms with Crippen LogP contribution in [-0.4, -0.2) is 67.5 Å². The lowest BCUT2D eigenvalue weighted by Gasteiger charge is -2.29. The normalized spacial score (nSPS) is 15.1. The zero-order valence-corrected chi connectivity index (χ0v) is 25.7. The Kier molecular flexibility index (Phi) is 9.53. The van der Waals surface area contributed by atoms with Gasteiger partial charge in [-0.3, -0.25) is 10.0 Å². The van der Waals surface area contributed by atoms with Crippen molar-refractivity contribution < 1.29 is 23.2 Å². The number of hydrogen-bond acceptors (Lipinski definition) is 6. The number of H-pyrrole nitrogens is 1. The van der Waals surface area contributed by atoms with Gasteiger partial charge in [0.25, 0.3) is 5.91 Å². The number of amides is 1. The minimum Gasteiger partial charge on any atom is -0.492 e. The molecule has 0 radical (unpaired) electrons. The first-order valence-corrected chi connectivity index (χ1v) is 15.9. The first-order valence-electron chi connectivity index (χ1n) is 14.1. The number of benzene rings is 3. The number of ether oxygens (including phenoxy) is 1. The molecule has 226 valence electrons. The molecule has 3 N–H and O–H groups in total. The molecule has 5 rings (SSSR count). The Morgan fingerprint density at radius 2 is 1.91 bits per heavy atom. The summed E-state index contributed by atoms with van der Waals surface area (Å²) in [5.74, 6) is -0.00646. The van der Waals surface area contributed by atoms with Crippen molar-refractivity contribution in [1.29, 1.82) is 0 Å². The number of carbonyl (C=O) groups excluding carboxylic acids is 1. The maximum Gasteiger partial charge on any atom is 0.267 e. The summed E-state index contributed by atoms with van der Waals surface area (Å²) >= 11 is 6.27. The lowest BCUT2D eigenvalue weighted by atomic mass is 10.0. The molecule has 0 saturated carbocycles. The van der Waals surface area contributed by atoms with Crippen molar-refractivity contribution in [3.05, 3.63) is 100 Å². The van der Waals surface area contributed by atoms with Crippen molar-refractivity contribution in [2.75, 3.05) is 33.8 Å². The number of carbonyl (C=O) groups is 1. The number of aryl methyl sites for hydroxylation is 1. The van der Waals surface area contributed by atoms with E-state index in [-0.39, 0.29) is 17.5 Å². The van der Waals surface area contributed by atoms with Crippen molar-refractivity contribution in [1.82, 2.24) is 19.7 Å². The molecule has 1 unspecified atom stereocenters. The maximum absolute atomic E-state index is 14.3. The van der Waals surface area contributed by atoms with E-state index in [4.69, 9.17) is 21.5 Å². The lowest BCUT2D eigenvalue weighted by molar-refractivity contribution is -0.124. The summed E-state index contributed by atoms with van der Waals surface area (Å²) in [4.78, 5) is 16.9. The standard InChI is InChI=1S/C32H35ClN4O5S/c1-36(2)17-18-42-26-7-9-27(10-8-26)43(40,41)37(16-15-24-21-34-30-12-6-25(33)20-29(24)30)31-13-5-23-19-22(3-11-28(23)31)4-14-32(38)35-39/h3-4,6-12,14,19-21,31,34,39H,5,13,15-18H2,1-2H3,(H,35,38)/b14-4+. The first kappa shape index (κ1) is 30.8. The largest absolute Gasteiger partial charge is 0.492 e. The molecule has 0 aliphatic heterocycles. The van der Waals surface area contributed by atoms with E-state index in [1.165, 1.54) is 6.08 Å². The van der Waals surface area contributed by atoms with Gasteiger partial charge in [-0.1, -0.05) is 29.8 Å². The van der Waals surface area contributed by atoms with Gasteiger partial charge >= 0.3 is 0 Å². The number of rotatable bonds is 12. The third-order valence-electron chi connectivity index (χ3n) is 7.67. The average Bonchev–Trinajstić information content (AvgIpc) is 3.59. The first-order chi connectivity index (χ1) is 20.7. The smallest absolute Gasteiger partial charge is 0.267 e. The van der Waals surface area contributed by atoms with Crippen LogP contribution < -0.4 is 10.2 Å². The molecule has 0 saturated heterocycles. The molecule has 4 aromatic rings. The molecular weight excluding hydrogens is 588 g/mol. The number of nitrogens with zero attached hydrogens (tertiary/aromatic N) is 2. The Hall–Kier alpha value is -3.67. The maximum atomic E-state index is 14.3. The molecule has 0 bridgehead atoms. The summed E-state index contributed by atoms with van der Waals surface area (Å²) in [7, 11) is 0.0414. The van der Waals surface area contributed by atoms with Crippen LogP contribution in [-0.2, 0) is 27.7 Å². The monoisotopic (exact) mass is 622 g/mol. The predicted molar refractivity (Wildman–Crippen MR) is 168 cm³/mol. The fourth-order valence-corrected chi connectivity index (χ4v) is 7.26. The van der Waals surface area contributed by atoms with E-state index >= 15 is 0 Å². The van der Waals surface area contributed by atoms with Gasteiger partial charge in [-0.25, -0.2) is 13.9 Å². The van der Waals surface area contributed by atoms with Gasteiger partial charge in [0.05, 0.1) is 10.9 Å². The van der Waals surface area contributed by atoms with Gasteiger partial charge < -0.3 is 14.6 Å². The van der Waals surface area contributed by atoms with Crippen LogP contribution in [0.2, 0.25) is 5.02 Å². The van der Waals surface area contributed by atoms with Crippen LogP contribution in [0, 0.1) is 0 Å². The summed E-state index contributed by atoms with van der Waals surface area (Å²) < 4.78 is 35.9. The van der Waals surface area contributed by atoms with Crippen molar-refractivity contribution in [2.24, 2.45) is 0 Å². The number of hydrogen-bond donors (Lipinski definition) is 3. The van der Waals surface area contributed by atoms with E-state index in [0.717, 1.165) is 39.7 Å². The van der Waals surface area contributed by atoms with Gasteiger partial charge in [0, 0.05) is 41.3 Å². The summed E-state index contributed by atoms with van der Waals surface area (Å²) in [6.45, 7) is 1.52. The molecule has 9 nitrogen and oxygen atoms in total. The van der Waals surface area contributed by atoms with E-state index in [2.05, 4.69) is 4.98 Å². The van der Waals surface area contributed by atoms with Crippen LogP contribution in [0.1, 0.15) is 34.7 Å². The molecule has 0 fully saturated rings. The molecule has 3 aromatic carbocycles. The van der Waals surface area contributed by atoms with Crippen LogP contribution >= 0.6 is 11.6 Å². The second-order valence-electron chi connectivity index (χ2n) is 10.8. The molecule has 11 heteroatoms. The Labute approximate surface area is 256 Å². The highest BCUT2D eigenvalue weighted by Crippen LogP contribution is 2.40. The van der Waals surface area contributed by atoms with Crippen molar-refractivity contribution in [3.63, 3.8) is 0 Å². The lowest BCUT2D eigenvalue weighted by Crippen LogP contribution is -2.35. The number of hydroxylamine groups is 1. The zero-order chi connectivity index (χ0) is 30.6. The van der Waals surface area contributed by atoms with E-state index < -0.39 is 15.9 Å². The molecule has 43 heavy (non-hydrogen) atoms. The molecule has 1 atom stereocenters. The SMILES string of the molecule is CN(C)CCOc1ccc(S(=O)(=O)N(CCc2c[nH]c3ccc(Cl)cc23)C2CCc3cc(/C=C/C(=O)NO)ccc32)cc1. The van der Waals surface area contributed by atoms with Crippen molar-refractivity contribution in [2.45, 2.75) is 30.2 Å². The number of aromatic nitrogens is 1. The minimum atomic E-state index is -3.89. The van der Waals surface area contributed by atoms with Gasteiger partial charge in [0.15, 0.2) is 0 Å². The predicted octanol–water partition coefficient (Wildman–Crippen LogP) is 5.20. The Morgan fingerprint density at radius 1 is 1.12 bits per heavy atom. The van der Waals surface area contributed by atoms with Gasteiger partial charge in [-0.2, -0.15) is 4.31 Å². The van der Waals surface area contributed by atoms with Gasteiger partial charge in [0.2, 0.25) is 10.0 Å². The molecule has 1 aromatic heterocycles. The fourth-order valence-electron chi connectivity index (χ4n) is 5.45. The number of fused-ring (bicyclic) bond motifs is 2. The van der Waals surface area contributed by atoms with E-state index in [0.29, 0.717) is 36.6 Å². The van der Waals surface area contributed by atoms with Gasteiger partial charge in [-0.05, 0) is 104 Å². The Morgan fingerprint density at radius 3 is 2.65 bits per heavy atom. The number of likely N-dealkylation sites (N-methyl/N-ethyl adjacent to an activating group) is 1. The van der Waals surface area contributed by atoms with Gasteiger partial charge in [0.1, 0.15) is 12.4 Å². The molecular formula is C32H35ClN4O5S. The summed E-state index contributed by atoms with van der Waals surface area (Å²) in [5.41, 5.74) is 6.27. The zero-order valence-electron chi connectivity index (χ0n) is 24.1. The summed E-state index contributed by atoms with van der Waals surface area (Å²) in [6.07, 6.45) is 6.58. The molecule has 1 aliphatic carbocycles. The third-order valence-corrected chi connectivity index (χ3v) is 9.82. The fraction of sp³-hybridized carbons (Fsp3) is 0.281. The molecule has 1 heterocycles. The summed E-state index contributed by atoms with van der Waals surface area (Å²) in [6, 6.07) is 17.6. The van der Waals surface area contributed by atoms with Crippen LogP contribution in [0.25, 0.3) is 17.0 Å². The van der Waals surface area contributed by atoms with Crippen LogP contribution in [0.4, 0.5) is 0 Å². The number of nitrogens with one attached hydrogen (secondary N) is 2. The van der Waals surface area contributed by atoms with Crippen molar-refractivity contribution >= 4 is 44.5 Å². The van der Waals surface area contributed by atoms with Crippen LogP contribution in [0.5, 0.6) is 5.75 Å². The third kappa shape index (κ3) is 7.11. The van der Waals surface area contributed by atoms with E-state index in [1.807, 2.05) is 61.6 Å². The van der Waals surface area contributed by atoms with Crippen LogP contribution in [0.15, 0.2) is 77.8 Å². The highest BCUT2D eigenvalue weighted by atomic mass is 35.5. The second-order valence-corrected chi connectivity index (χ2v) is 13.1. The van der Waals surface area contributed by atoms with E-state index in [1.54, 1.807) is 40.1 Å². The highest BCUT2D eigenvalue weighted by Gasteiger charge is 2.36. The number of halogens is 1. The average molecular weight is 623 g/mol. The second kappa shape index (κ2) is 13.3. The topological polar surface area (TPSA) is 115 Å².